The number of benzene rings is 1. The lowest BCUT2D eigenvalue weighted by molar-refractivity contribution is -0.121. The van der Waals surface area contributed by atoms with Gasteiger partial charge in [0.05, 0.1) is 6.42 Å². The smallest absolute Gasteiger partial charge is 0.224 e. The van der Waals surface area contributed by atoms with Gasteiger partial charge in [0.15, 0.2) is 0 Å². The summed E-state index contributed by atoms with van der Waals surface area (Å²) in [6, 6.07) is 7.22. The molecule has 0 aromatic heterocycles. The average molecular weight is 219 g/mol. The van der Waals surface area contributed by atoms with Gasteiger partial charge in [-0.15, -0.1) is 0 Å². The molecule has 1 amide bonds. The second-order valence-corrected chi connectivity index (χ2v) is 4.40. The molecule has 1 aliphatic rings. The van der Waals surface area contributed by atoms with E-state index in [2.05, 4.69) is 5.32 Å². The minimum atomic E-state index is 0.0532. The van der Waals surface area contributed by atoms with Crippen LogP contribution in [0.25, 0.3) is 0 Å². The van der Waals surface area contributed by atoms with E-state index in [-0.39, 0.29) is 11.7 Å². The molecule has 0 aliphatic heterocycles. The first-order valence-corrected chi connectivity index (χ1v) is 5.81. The lowest BCUT2D eigenvalue weighted by Gasteiger charge is -2.11. The summed E-state index contributed by atoms with van der Waals surface area (Å²) in [7, 11) is 0. The summed E-state index contributed by atoms with van der Waals surface area (Å²) >= 11 is 0. The summed E-state index contributed by atoms with van der Waals surface area (Å²) in [5.41, 5.74) is 0.857. The minimum Gasteiger partial charge on any atom is -0.508 e. The van der Waals surface area contributed by atoms with E-state index in [1.165, 1.54) is 12.8 Å². The van der Waals surface area contributed by atoms with E-state index in [0.29, 0.717) is 12.5 Å². The van der Waals surface area contributed by atoms with E-state index in [4.69, 9.17) is 0 Å². The minimum absolute atomic E-state index is 0.0532. The van der Waals surface area contributed by atoms with Gasteiger partial charge >= 0.3 is 0 Å². The Hall–Kier alpha value is -1.51. The maximum absolute atomic E-state index is 11.7. The third kappa shape index (κ3) is 2.99. The summed E-state index contributed by atoms with van der Waals surface area (Å²) in [5.74, 6) is 0.267. The Labute approximate surface area is 95.5 Å². The van der Waals surface area contributed by atoms with Gasteiger partial charge in [-0.25, -0.2) is 0 Å². The van der Waals surface area contributed by atoms with Crippen molar-refractivity contribution < 1.29 is 9.90 Å². The molecule has 0 spiro atoms. The zero-order valence-corrected chi connectivity index (χ0v) is 9.28. The fraction of sp³-hybridized carbons (Fsp3) is 0.462. The monoisotopic (exact) mass is 219 g/mol. The van der Waals surface area contributed by atoms with Gasteiger partial charge in [0.1, 0.15) is 5.75 Å². The molecule has 0 radical (unpaired) electrons. The summed E-state index contributed by atoms with van der Waals surface area (Å²) in [6.07, 6.45) is 5.00. The Morgan fingerprint density at radius 2 is 2.12 bits per heavy atom. The van der Waals surface area contributed by atoms with E-state index in [1.807, 2.05) is 6.07 Å². The first kappa shape index (κ1) is 11.0. The number of amides is 1. The topological polar surface area (TPSA) is 49.3 Å². The van der Waals surface area contributed by atoms with Crippen molar-refractivity contribution >= 4 is 5.91 Å². The van der Waals surface area contributed by atoms with Crippen LogP contribution in [0.15, 0.2) is 24.3 Å². The normalized spacial score (nSPS) is 16.2. The van der Waals surface area contributed by atoms with Crippen molar-refractivity contribution in [3.8, 4) is 5.75 Å². The van der Waals surface area contributed by atoms with Crippen LogP contribution in [-0.4, -0.2) is 17.1 Å². The number of aromatic hydroxyl groups is 1. The molecule has 0 bridgehead atoms. The summed E-state index contributed by atoms with van der Waals surface area (Å²) in [5, 5.41) is 12.3. The van der Waals surface area contributed by atoms with Crippen molar-refractivity contribution in [1.29, 1.82) is 0 Å². The van der Waals surface area contributed by atoms with Crippen LogP contribution in [0.4, 0.5) is 0 Å². The van der Waals surface area contributed by atoms with Crippen LogP contribution < -0.4 is 5.32 Å². The molecular formula is C13H17NO2. The molecule has 86 valence electrons. The second kappa shape index (κ2) is 5.01. The van der Waals surface area contributed by atoms with Crippen molar-refractivity contribution in [3.05, 3.63) is 29.8 Å². The highest BCUT2D eigenvalue weighted by molar-refractivity contribution is 5.79. The first-order chi connectivity index (χ1) is 7.74. The van der Waals surface area contributed by atoms with Crippen LogP contribution in [0.2, 0.25) is 0 Å². The molecule has 1 aliphatic carbocycles. The maximum atomic E-state index is 11.7. The average Bonchev–Trinajstić information content (AvgIpc) is 2.70. The number of hydrogen-bond donors (Lipinski definition) is 2. The van der Waals surface area contributed by atoms with Gasteiger partial charge < -0.3 is 10.4 Å². The molecule has 1 saturated carbocycles. The SMILES string of the molecule is O=C(Cc1cccc(O)c1)NC1CCCC1. The molecule has 0 unspecified atom stereocenters. The molecule has 1 fully saturated rings. The van der Waals surface area contributed by atoms with Gasteiger partial charge in [-0.3, -0.25) is 4.79 Å². The fourth-order valence-electron chi connectivity index (χ4n) is 2.20. The van der Waals surface area contributed by atoms with Gasteiger partial charge in [0, 0.05) is 6.04 Å². The molecule has 1 aromatic rings. The van der Waals surface area contributed by atoms with Crippen molar-refractivity contribution in [3.63, 3.8) is 0 Å². The number of carbonyl (C=O) groups excluding carboxylic acids is 1. The number of hydrogen-bond acceptors (Lipinski definition) is 2. The van der Waals surface area contributed by atoms with Crippen molar-refractivity contribution in [1.82, 2.24) is 5.32 Å². The number of phenolic OH excluding ortho intramolecular Hbond substituents is 1. The standard InChI is InChI=1S/C13H17NO2/c15-12-7-3-4-10(8-12)9-13(16)14-11-5-1-2-6-11/h3-4,7-8,11,15H,1-2,5-6,9H2,(H,14,16). The molecule has 2 rings (SSSR count). The summed E-state index contributed by atoms with van der Waals surface area (Å²) in [6.45, 7) is 0. The molecule has 3 nitrogen and oxygen atoms in total. The second-order valence-electron chi connectivity index (χ2n) is 4.40. The molecule has 0 saturated heterocycles. The summed E-state index contributed by atoms with van der Waals surface area (Å²) < 4.78 is 0. The van der Waals surface area contributed by atoms with Gasteiger partial charge in [0.25, 0.3) is 0 Å². The highest BCUT2D eigenvalue weighted by atomic mass is 16.3. The summed E-state index contributed by atoms with van der Waals surface area (Å²) in [4.78, 5) is 11.7. The predicted molar refractivity (Wildman–Crippen MR) is 62.2 cm³/mol. The van der Waals surface area contributed by atoms with Crippen LogP contribution in [0.3, 0.4) is 0 Å². The van der Waals surface area contributed by atoms with Gasteiger partial charge in [-0.05, 0) is 30.5 Å². The predicted octanol–water partition coefficient (Wildman–Crippen LogP) is 1.99. The third-order valence-corrected chi connectivity index (χ3v) is 3.00. The van der Waals surface area contributed by atoms with Crippen molar-refractivity contribution in [2.75, 3.05) is 0 Å². The number of carbonyl (C=O) groups is 1. The molecule has 0 atom stereocenters. The number of nitrogens with one attached hydrogen (secondary N) is 1. The zero-order chi connectivity index (χ0) is 11.4. The molecule has 2 N–H and O–H groups in total. The Morgan fingerprint density at radius 1 is 1.38 bits per heavy atom. The van der Waals surface area contributed by atoms with Gasteiger partial charge in [0.2, 0.25) is 5.91 Å². The Morgan fingerprint density at radius 3 is 2.81 bits per heavy atom. The fourth-order valence-corrected chi connectivity index (χ4v) is 2.20. The van der Waals surface area contributed by atoms with Gasteiger partial charge in [-0.2, -0.15) is 0 Å². The quantitative estimate of drug-likeness (QED) is 0.816. The van der Waals surface area contributed by atoms with Crippen LogP contribution >= 0.6 is 0 Å². The molecule has 3 heteroatoms. The van der Waals surface area contributed by atoms with E-state index in [1.54, 1.807) is 18.2 Å². The number of rotatable bonds is 3. The van der Waals surface area contributed by atoms with E-state index in [9.17, 15) is 9.90 Å². The van der Waals surface area contributed by atoms with Crippen LogP contribution in [-0.2, 0) is 11.2 Å². The third-order valence-electron chi connectivity index (χ3n) is 3.00. The first-order valence-electron chi connectivity index (χ1n) is 5.81. The number of phenols is 1. The molecule has 16 heavy (non-hydrogen) atoms. The maximum Gasteiger partial charge on any atom is 0.224 e. The Kier molecular flexibility index (Phi) is 3.44. The van der Waals surface area contributed by atoms with Crippen LogP contribution in [0.1, 0.15) is 31.2 Å². The van der Waals surface area contributed by atoms with E-state index in [0.717, 1.165) is 18.4 Å². The van der Waals surface area contributed by atoms with Gasteiger partial charge in [-0.1, -0.05) is 25.0 Å². The lowest BCUT2D eigenvalue weighted by Crippen LogP contribution is -2.33. The Balaban J connectivity index is 1.86. The highest BCUT2D eigenvalue weighted by Crippen LogP contribution is 2.18. The molecular weight excluding hydrogens is 202 g/mol. The van der Waals surface area contributed by atoms with Crippen molar-refractivity contribution in [2.45, 2.75) is 38.1 Å². The highest BCUT2D eigenvalue weighted by Gasteiger charge is 2.16. The zero-order valence-electron chi connectivity index (χ0n) is 9.28. The van der Waals surface area contributed by atoms with Crippen molar-refractivity contribution in [2.24, 2.45) is 0 Å². The largest absolute Gasteiger partial charge is 0.508 e. The molecule has 0 heterocycles. The Bertz CT molecular complexity index is 370. The van der Waals surface area contributed by atoms with E-state index < -0.39 is 0 Å². The van der Waals surface area contributed by atoms with E-state index >= 15 is 0 Å². The lowest BCUT2D eigenvalue weighted by atomic mass is 10.1. The molecule has 1 aromatic carbocycles. The van der Waals surface area contributed by atoms with Crippen LogP contribution in [0, 0.1) is 0 Å². The van der Waals surface area contributed by atoms with Crippen LogP contribution in [0.5, 0.6) is 5.75 Å².